The first-order chi connectivity index (χ1) is 11.1. The van der Waals surface area contributed by atoms with E-state index in [1.54, 1.807) is 4.90 Å². The van der Waals surface area contributed by atoms with Crippen molar-refractivity contribution in [2.24, 2.45) is 0 Å². The number of nitrogens with zero attached hydrogens (tertiary/aromatic N) is 2. The summed E-state index contributed by atoms with van der Waals surface area (Å²) in [6, 6.07) is 2.67. The Bertz CT molecular complexity index is 519. The van der Waals surface area contributed by atoms with Gasteiger partial charge in [-0.25, -0.2) is 0 Å². The summed E-state index contributed by atoms with van der Waals surface area (Å²) in [6.07, 6.45) is -10.0. The van der Waals surface area contributed by atoms with Crippen LogP contribution in [0.2, 0.25) is 0 Å². The minimum Gasteiger partial charge on any atom is -0.406 e. The van der Waals surface area contributed by atoms with Gasteiger partial charge in [0.25, 0.3) is 0 Å². The molecule has 0 N–H and O–H groups in total. The number of hydrogen-bond acceptors (Lipinski definition) is 4. The highest BCUT2D eigenvalue weighted by Crippen LogP contribution is 2.34. The number of hydrogen-bond donors (Lipinski definition) is 0. The van der Waals surface area contributed by atoms with Crippen molar-refractivity contribution in [1.29, 1.82) is 0 Å². The third kappa shape index (κ3) is 5.66. The quantitative estimate of drug-likeness (QED) is 0.768. The van der Waals surface area contributed by atoms with Gasteiger partial charge in [-0.2, -0.15) is 0 Å². The molecule has 0 amide bonds. The van der Waals surface area contributed by atoms with Gasteiger partial charge in [-0.1, -0.05) is 6.92 Å². The predicted octanol–water partition coefficient (Wildman–Crippen LogP) is 3.63. The van der Waals surface area contributed by atoms with E-state index in [0.29, 0.717) is 32.2 Å². The van der Waals surface area contributed by atoms with Gasteiger partial charge in [0.05, 0.1) is 0 Å². The molecule has 0 aromatic heterocycles. The SMILES string of the molecule is CCN1CCN(c2cc(OC(F)(F)F)cc(OC(F)(F)F)c2)CC1. The van der Waals surface area contributed by atoms with E-state index in [-0.39, 0.29) is 5.69 Å². The minimum atomic E-state index is -5.00. The molecular weight excluding hydrogens is 342 g/mol. The lowest BCUT2D eigenvalue weighted by molar-refractivity contribution is -0.276. The largest absolute Gasteiger partial charge is 0.573 e. The lowest BCUT2D eigenvalue weighted by Crippen LogP contribution is -2.46. The van der Waals surface area contributed by atoms with Crippen LogP contribution in [0.5, 0.6) is 11.5 Å². The molecule has 1 fully saturated rings. The number of likely N-dealkylation sites (N-methyl/N-ethyl adjacent to an activating group) is 1. The molecule has 1 saturated heterocycles. The number of anilines is 1. The number of alkyl halides is 6. The molecule has 0 spiro atoms. The molecule has 0 bridgehead atoms. The van der Waals surface area contributed by atoms with Crippen LogP contribution < -0.4 is 14.4 Å². The van der Waals surface area contributed by atoms with Crippen molar-refractivity contribution in [3.63, 3.8) is 0 Å². The fraction of sp³-hybridized carbons (Fsp3) is 0.571. The van der Waals surface area contributed by atoms with Crippen LogP contribution in [0.15, 0.2) is 18.2 Å². The molecule has 2 rings (SSSR count). The Balaban J connectivity index is 2.25. The fourth-order valence-electron chi connectivity index (χ4n) is 2.45. The number of halogens is 6. The first-order valence-corrected chi connectivity index (χ1v) is 7.19. The number of benzene rings is 1. The number of rotatable bonds is 4. The lowest BCUT2D eigenvalue weighted by atomic mass is 10.2. The van der Waals surface area contributed by atoms with Crippen LogP contribution >= 0.6 is 0 Å². The molecule has 1 aromatic carbocycles. The summed E-state index contributed by atoms with van der Waals surface area (Å²) >= 11 is 0. The lowest BCUT2D eigenvalue weighted by Gasteiger charge is -2.35. The van der Waals surface area contributed by atoms with E-state index in [1.807, 2.05) is 6.92 Å². The molecule has 10 heteroatoms. The Morgan fingerprint density at radius 2 is 1.29 bits per heavy atom. The summed E-state index contributed by atoms with van der Waals surface area (Å²) in [5, 5.41) is 0. The van der Waals surface area contributed by atoms with E-state index in [2.05, 4.69) is 14.4 Å². The molecule has 4 nitrogen and oxygen atoms in total. The van der Waals surface area contributed by atoms with Crippen molar-refractivity contribution >= 4 is 5.69 Å². The molecule has 0 radical (unpaired) electrons. The molecule has 24 heavy (non-hydrogen) atoms. The monoisotopic (exact) mass is 358 g/mol. The highest BCUT2D eigenvalue weighted by atomic mass is 19.4. The van der Waals surface area contributed by atoms with Gasteiger partial charge >= 0.3 is 12.7 Å². The number of ether oxygens (including phenoxy) is 2. The third-order valence-corrected chi connectivity index (χ3v) is 3.52. The normalized spacial score (nSPS) is 17.0. The van der Waals surface area contributed by atoms with Crippen LogP contribution in [0, 0.1) is 0 Å². The molecule has 0 unspecified atom stereocenters. The molecule has 0 saturated carbocycles. The standard InChI is InChI=1S/C14H16F6N2O2/c1-2-21-3-5-22(6-4-21)10-7-11(23-13(15,16)17)9-12(8-10)24-14(18,19)20/h7-9H,2-6H2,1H3. The van der Waals surface area contributed by atoms with Crippen LogP contribution in [-0.4, -0.2) is 50.3 Å². The van der Waals surface area contributed by atoms with Gasteiger partial charge in [-0.05, 0) is 6.54 Å². The van der Waals surface area contributed by atoms with E-state index >= 15 is 0 Å². The molecule has 136 valence electrons. The van der Waals surface area contributed by atoms with Crippen molar-refractivity contribution in [2.45, 2.75) is 19.6 Å². The van der Waals surface area contributed by atoms with E-state index in [4.69, 9.17) is 0 Å². The second kappa shape index (κ2) is 6.96. The van der Waals surface area contributed by atoms with Crippen LogP contribution in [-0.2, 0) is 0 Å². The van der Waals surface area contributed by atoms with Gasteiger partial charge in [-0.15, -0.1) is 26.3 Å². The average Bonchev–Trinajstić information content (AvgIpc) is 2.43. The summed E-state index contributed by atoms with van der Waals surface area (Å²) in [4.78, 5) is 3.82. The third-order valence-electron chi connectivity index (χ3n) is 3.52. The zero-order valence-corrected chi connectivity index (χ0v) is 12.7. The summed E-state index contributed by atoms with van der Waals surface area (Å²) in [6.45, 7) is 5.09. The molecular formula is C14H16F6N2O2. The Kier molecular flexibility index (Phi) is 5.36. The maximum atomic E-state index is 12.4. The van der Waals surface area contributed by atoms with Crippen LogP contribution in [0.3, 0.4) is 0 Å². The van der Waals surface area contributed by atoms with Gasteiger partial charge < -0.3 is 19.3 Å². The van der Waals surface area contributed by atoms with Gasteiger partial charge in [0.15, 0.2) is 0 Å². The zero-order chi connectivity index (χ0) is 18.0. The Labute approximate surface area is 134 Å². The molecule has 1 aliphatic rings. The fourth-order valence-corrected chi connectivity index (χ4v) is 2.45. The smallest absolute Gasteiger partial charge is 0.406 e. The summed E-state index contributed by atoms with van der Waals surface area (Å²) in [5.74, 6) is -1.51. The first kappa shape index (κ1) is 18.5. The van der Waals surface area contributed by atoms with Crippen molar-refractivity contribution < 1.29 is 35.8 Å². The van der Waals surface area contributed by atoms with Crippen molar-refractivity contribution in [1.82, 2.24) is 4.90 Å². The van der Waals surface area contributed by atoms with Crippen molar-refractivity contribution in [2.75, 3.05) is 37.6 Å². The summed E-state index contributed by atoms with van der Waals surface area (Å²) < 4.78 is 81.8. The Hall–Kier alpha value is -1.84. The topological polar surface area (TPSA) is 24.9 Å². The molecule has 0 atom stereocenters. The number of piperazine rings is 1. The highest BCUT2D eigenvalue weighted by Gasteiger charge is 2.34. The second-order valence-corrected chi connectivity index (χ2v) is 5.18. The molecule has 1 aromatic rings. The minimum absolute atomic E-state index is 0.187. The summed E-state index contributed by atoms with van der Waals surface area (Å²) in [7, 11) is 0. The molecule has 0 aliphatic carbocycles. The van der Waals surface area contributed by atoms with E-state index in [9.17, 15) is 26.3 Å². The van der Waals surface area contributed by atoms with Crippen molar-refractivity contribution in [3.05, 3.63) is 18.2 Å². The molecule has 1 aliphatic heterocycles. The van der Waals surface area contributed by atoms with E-state index < -0.39 is 24.2 Å². The van der Waals surface area contributed by atoms with E-state index in [1.165, 1.54) is 0 Å². The predicted molar refractivity (Wildman–Crippen MR) is 74.1 cm³/mol. The van der Waals surface area contributed by atoms with Gasteiger partial charge in [0, 0.05) is 50.1 Å². The molecule has 1 heterocycles. The van der Waals surface area contributed by atoms with Crippen molar-refractivity contribution in [3.8, 4) is 11.5 Å². The maximum absolute atomic E-state index is 12.4. The highest BCUT2D eigenvalue weighted by molar-refractivity contribution is 5.56. The Morgan fingerprint density at radius 1 is 0.833 bits per heavy atom. The van der Waals surface area contributed by atoms with Crippen LogP contribution in [0.4, 0.5) is 32.0 Å². The van der Waals surface area contributed by atoms with Crippen LogP contribution in [0.25, 0.3) is 0 Å². The zero-order valence-electron chi connectivity index (χ0n) is 12.7. The maximum Gasteiger partial charge on any atom is 0.573 e. The van der Waals surface area contributed by atoms with Gasteiger partial charge in [0.2, 0.25) is 0 Å². The second-order valence-electron chi connectivity index (χ2n) is 5.18. The van der Waals surface area contributed by atoms with Gasteiger partial charge in [-0.3, -0.25) is 0 Å². The van der Waals surface area contributed by atoms with Crippen LogP contribution in [0.1, 0.15) is 6.92 Å². The average molecular weight is 358 g/mol. The van der Waals surface area contributed by atoms with E-state index in [0.717, 1.165) is 18.7 Å². The summed E-state index contributed by atoms with van der Waals surface area (Å²) in [5.41, 5.74) is 0.187. The van der Waals surface area contributed by atoms with Gasteiger partial charge in [0.1, 0.15) is 11.5 Å². The Morgan fingerprint density at radius 3 is 1.67 bits per heavy atom. The first-order valence-electron chi connectivity index (χ1n) is 7.19.